The lowest BCUT2D eigenvalue weighted by atomic mass is 10.0. The molecule has 0 aromatic rings. The third-order valence-corrected chi connectivity index (χ3v) is 19.7. The smallest absolute Gasteiger partial charge is 0.462 e. The average molecular weight is 1400 g/mol. The SMILES string of the molecule is CCCCCCCCCCCCCCCCCCC(=O)OC[C@H](COP(=O)(O)OC[C@@H](O)COP(=O)(O)OC[C@@H](COC(=O)CCCCCCCCCCC)OC(=O)CCCCCCCCCCCCCCC)OC(=O)CCCCCCCCCCCCCCCCC(C)C. The Balaban J connectivity index is 5.23. The zero-order valence-electron chi connectivity index (χ0n) is 61.8. The molecule has 0 aliphatic heterocycles. The fraction of sp³-hybridized carbons (Fsp3) is 0.947. The van der Waals surface area contributed by atoms with Crippen molar-refractivity contribution in [1.29, 1.82) is 0 Å². The third kappa shape index (κ3) is 70.3. The number of carbonyl (C=O) groups excluding carboxylic acids is 4. The number of esters is 4. The topological polar surface area (TPSA) is 237 Å². The normalized spacial score (nSPS) is 13.9. The molecular formula is C76H148O17P2. The molecule has 0 aromatic carbocycles. The predicted molar refractivity (Wildman–Crippen MR) is 386 cm³/mol. The minimum Gasteiger partial charge on any atom is -0.462 e. The number of hydrogen-bond donors (Lipinski definition) is 3. The Kier molecular flexibility index (Phi) is 67.7. The van der Waals surface area contributed by atoms with E-state index in [1.54, 1.807) is 0 Å². The summed E-state index contributed by atoms with van der Waals surface area (Å²) in [5.74, 6) is -1.32. The average Bonchev–Trinajstić information content (AvgIpc) is 2.67. The van der Waals surface area contributed by atoms with Crippen molar-refractivity contribution in [2.24, 2.45) is 5.92 Å². The first-order valence-corrected chi connectivity index (χ1v) is 42.6. The molecule has 17 nitrogen and oxygen atoms in total. The second-order valence-electron chi connectivity index (χ2n) is 27.9. The number of hydrogen-bond acceptors (Lipinski definition) is 15. The van der Waals surface area contributed by atoms with Gasteiger partial charge in [-0.1, -0.05) is 349 Å². The molecular weight excluding hydrogens is 1250 g/mol. The molecule has 0 spiro atoms. The van der Waals surface area contributed by atoms with Crippen molar-refractivity contribution >= 4 is 39.5 Å². The van der Waals surface area contributed by atoms with E-state index in [0.717, 1.165) is 95.8 Å². The van der Waals surface area contributed by atoms with E-state index in [2.05, 4.69) is 34.6 Å². The number of ether oxygens (including phenoxy) is 4. The minimum absolute atomic E-state index is 0.108. The summed E-state index contributed by atoms with van der Waals surface area (Å²) < 4.78 is 68.5. The predicted octanol–water partition coefficient (Wildman–Crippen LogP) is 22.5. The Bertz CT molecular complexity index is 1820. The van der Waals surface area contributed by atoms with E-state index in [1.807, 2.05) is 0 Å². The van der Waals surface area contributed by atoms with Crippen LogP contribution >= 0.6 is 15.6 Å². The molecule has 0 aliphatic rings. The molecule has 0 saturated carbocycles. The van der Waals surface area contributed by atoms with E-state index in [-0.39, 0.29) is 25.7 Å². The second-order valence-corrected chi connectivity index (χ2v) is 30.8. The van der Waals surface area contributed by atoms with Crippen LogP contribution < -0.4 is 0 Å². The number of aliphatic hydroxyl groups is 1. The summed E-state index contributed by atoms with van der Waals surface area (Å²) in [6, 6.07) is 0. The highest BCUT2D eigenvalue weighted by Gasteiger charge is 2.30. The van der Waals surface area contributed by atoms with E-state index in [4.69, 9.17) is 37.0 Å². The van der Waals surface area contributed by atoms with Crippen molar-refractivity contribution < 1.29 is 80.2 Å². The van der Waals surface area contributed by atoms with Gasteiger partial charge in [-0.05, 0) is 31.6 Å². The molecule has 19 heteroatoms. The summed E-state index contributed by atoms with van der Waals surface area (Å²) >= 11 is 0. The minimum atomic E-state index is -4.96. The Labute approximate surface area is 581 Å². The largest absolute Gasteiger partial charge is 0.472 e. The van der Waals surface area contributed by atoms with Gasteiger partial charge in [0.15, 0.2) is 12.2 Å². The quantitative estimate of drug-likeness (QED) is 0.0222. The maximum Gasteiger partial charge on any atom is 0.472 e. The van der Waals surface area contributed by atoms with Crippen molar-refractivity contribution in [2.75, 3.05) is 39.6 Å². The van der Waals surface area contributed by atoms with Crippen LogP contribution in [0.3, 0.4) is 0 Å². The zero-order valence-corrected chi connectivity index (χ0v) is 63.6. The van der Waals surface area contributed by atoms with Gasteiger partial charge in [0.25, 0.3) is 0 Å². The van der Waals surface area contributed by atoms with Gasteiger partial charge < -0.3 is 33.8 Å². The standard InChI is InChI=1S/C76H148O17P2/c1-6-9-12-15-18-21-23-25-26-27-32-35-40-45-50-55-60-74(79)87-66-72(93-76(81)62-57-52-47-42-37-33-29-28-31-34-39-43-48-53-58-69(4)5)68-91-95(84,85)89-64-70(77)63-88-94(82,83)90-67-71(65-86-73(78)59-54-49-44-38-20-17-14-11-8-3)92-75(80)61-56-51-46-41-36-30-24-22-19-16-13-10-7-2/h69-72,77H,6-68H2,1-5H3,(H,82,83)(H,84,85)/t70-,71+,72+/m0/s1. The molecule has 0 aromatic heterocycles. The van der Waals surface area contributed by atoms with Crippen molar-refractivity contribution in [3.8, 4) is 0 Å². The van der Waals surface area contributed by atoms with E-state index in [1.165, 1.54) is 225 Å². The molecule has 0 bridgehead atoms. The molecule has 0 heterocycles. The van der Waals surface area contributed by atoms with Crippen LogP contribution in [0.4, 0.5) is 0 Å². The van der Waals surface area contributed by atoms with Crippen molar-refractivity contribution in [3.05, 3.63) is 0 Å². The van der Waals surface area contributed by atoms with Crippen molar-refractivity contribution in [3.63, 3.8) is 0 Å². The first-order chi connectivity index (χ1) is 46.0. The Morgan fingerprint density at radius 3 is 0.716 bits per heavy atom. The zero-order chi connectivity index (χ0) is 69.8. The van der Waals surface area contributed by atoms with Gasteiger partial charge in [0.05, 0.1) is 26.4 Å². The van der Waals surface area contributed by atoms with Gasteiger partial charge in [-0.2, -0.15) is 0 Å². The van der Waals surface area contributed by atoms with E-state index >= 15 is 0 Å². The fourth-order valence-electron chi connectivity index (χ4n) is 11.7. The van der Waals surface area contributed by atoms with Crippen LogP contribution in [-0.4, -0.2) is 96.7 Å². The van der Waals surface area contributed by atoms with Gasteiger partial charge in [-0.3, -0.25) is 37.3 Å². The van der Waals surface area contributed by atoms with Crippen LogP contribution in [0.2, 0.25) is 0 Å². The molecule has 0 radical (unpaired) electrons. The van der Waals surface area contributed by atoms with Crippen molar-refractivity contribution in [2.45, 2.75) is 419 Å². The van der Waals surface area contributed by atoms with Gasteiger partial charge in [-0.15, -0.1) is 0 Å². The number of rotatable bonds is 76. The highest BCUT2D eigenvalue weighted by atomic mass is 31.2. The maximum absolute atomic E-state index is 13.1. The van der Waals surface area contributed by atoms with Gasteiger partial charge >= 0.3 is 39.5 Å². The number of phosphoric ester groups is 2. The molecule has 5 atom stereocenters. The molecule has 3 N–H and O–H groups in total. The van der Waals surface area contributed by atoms with Crippen LogP contribution in [0.1, 0.15) is 401 Å². The summed E-state index contributed by atoms with van der Waals surface area (Å²) in [6.07, 6.45) is 58.1. The van der Waals surface area contributed by atoms with Crippen LogP contribution in [-0.2, 0) is 65.4 Å². The van der Waals surface area contributed by atoms with Crippen LogP contribution in [0.25, 0.3) is 0 Å². The first-order valence-electron chi connectivity index (χ1n) is 39.6. The molecule has 95 heavy (non-hydrogen) atoms. The molecule has 2 unspecified atom stereocenters. The third-order valence-electron chi connectivity index (χ3n) is 17.8. The van der Waals surface area contributed by atoms with Gasteiger partial charge in [0.1, 0.15) is 19.3 Å². The Morgan fingerprint density at radius 1 is 0.284 bits per heavy atom. The van der Waals surface area contributed by atoms with Crippen molar-refractivity contribution in [1.82, 2.24) is 0 Å². The van der Waals surface area contributed by atoms with Crippen LogP contribution in [0.5, 0.6) is 0 Å². The molecule has 0 amide bonds. The number of unbranched alkanes of at least 4 members (excludes halogenated alkanes) is 48. The van der Waals surface area contributed by atoms with Crippen LogP contribution in [0, 0.1) is 5.92 Å². The summed E-state index contributed by atoms with van der Waals surface area (Å²) in [5, 5.41) is 10.6. The molecule has 0 fully saturated rings. The number of carbonyl (C=O) groups is 4. The molecule has 0 saturated heterocycles. The lowest BCUT2D eigenvalue weighted by Crippen LogP contribution is -2.30. The monoisotopic (exact) mass is 1400 g/mol. The highest BCUT2D eigenvalue weighted by Crippen LogP contribution is 2.45. The molecule has 564 valence electrons. The number of aliphatic hydroxyl groups excluding tert-OH is 1. The van der Waals surface area contributed by atoms with Gasteiger partial charge in [0, 0.05) is 25.7 Å². The van der Waals surface area contributed by atoms with E-state index in [0.29, 0.717) is 25.7 Å². The first kappa shape index (κ1) is 93.1. The Hall–Kier alpha value is -1.94. The second kappa shape index (κ2) is 69.2. The van der Waals surface area contributed by atoms with Gasteiger partial charge in [0.2, 0.25) is 0 Å². The summed E-state index contributed by atoms with van der Waals surface area (Å²) in [5.41, 5.74) is 0. The van der Waals surface area contributed by atoms with E-state index in [9.17, 15) is 43.2 Å². The molecule has 0 rings (SSSR count). The van der Waals surface area contributed by atoms with Gasteiger partial charge in [-0.25, -0.2) is 9.13 Å². The maximum atomic E-state index is 13.1. The number of phosphoric acid groups is 2. The Morgan fingerprint density at radius 2 is 0.484 bits per heavy atom. The summed E-state index contributed by atoms with van der Waals surface area (Å²) in [4.78, 5) is 72.8. The summed E-state index contributed by atoms with van der Waals surface area (Å²) in [7, 11) is -9.91. The lowest BCUT2D eigenvalue weighted by molar-refractivity contribution is -0.161. The van der Waals surface area contributed by atoms with Crippen LogP contribution in [0.15, 0.2) is 0 Å². The highest BCUT2D eigenvalue weighted by molar-refractivity contribution is 7.47. The lowest BCUT2D eigenvalue weighted by Gasteiger charge is -2.21. The summed E-state index contributed by atoms with van der Waals surface area (Å²) in [6.45, 7) is 7.31. The fourth-order valence-corrected chi connectivity index (χ4v) is 13.3. The van der Waals surface area contributed by atoms with E-state index < -0.39 is 97.5 Å². The molecule has 0 aliphatic carbocycles.